The largest absolute Gasteiger partial charge is 0.365 e. The topological polar surface area (TPSA) is 78.1 Å². The lowest BCUT2D eigenvalue weighted by Crippen LogP contribution is -2.42. The zero-order valence-electron chi connectivity index (χ0n) is 18.9. The molecule has 0 unspecified atom stereocenters. The van der Waals surface area contributed by atoms with Gasteiger partial charge in [0.2, 0.25) is 0 Å². The number of rotatable bonds is 6. The average molecular weight is 409 g/mol. The summed E-state index contributed by atoms with van der Waals surface area (Å²) in [5, 5.41) is 2.75. The molecule has 1 aromatic carbocycles. The van der Waals surface area contributed by atoms with E-state index in [2.05, 4.69) is 36.1 Å². The number of nitrogens with one attached hydrogen (secondary N) is 2. The second kappa shape index (κ2) is 9.11. The van der Waals surface area contributed by atoms with Crippen LogP contribution >= 0.6 is 0 Å². The van der Waals surface area contributed by atoms with Gasteiger partial charge in [-0.1, -0.05) is 51.1 Å². The molecule has 0 aliphatic heterocycles. The van der Waals surface area contributed by atoms with E-state index in [1.54, 1.807) is 12.4 Å². The zero-order valence-corrected chi connectivity index (χ0v) is 18.9. The van der Waals surface area contributed by atoms with Gasteiger partial charge in [-0.15, -0.1) is 0 Å². The van der Waals surface area contributed by atoms with Gasteiger partial charge >= 0.3 is 0 Å². The van der Waals surface area contributed by atoms with Crippen molar-refractivity contribution in [1.82, 2.24) is 20.2 Å². The third-order valence-corrected chi connectivity index (χ3v) is 4.80. The summed E-state index contributed by atoms with van der Waals surface area (Å²) in [7, 11) is 1.87. The smallest absolute Gasteiger partial charge is 0.272 e. The summed E-state index contributed by atoms with van der Waals surface area (Å²) in [5.74, 6) is -0.359. The van der Waals surface area contributed by atoms with Crippen LogP contribution in [0.25, 0.3) is 12.2 Å². The van der Waals surface area contributed by atoms with E-state index in [9.17, 15) is 9.59 Å². The highest BCUT2D eigenvalue weighted by Gasteiger charge is 2.25. The first-order valence-electron chi connectivity index (χ1n) is 9.96. The second-order valence-electron chi connectivity index (χ2n) is 9.25. The number of hydrogen-bond acceptors (Lipinski definition) is 4. The van der Waals surface area contributed by atoms with Crippen LogP contribution in [0.1, 0.15) is 58.5 Å². The molecular weight excluding hydrogens is 376 g/mol. The number of carbonyl (C=O) groups is 2. The van der Waals surface area contributed by atoms with Crippen LogP contribution in [0.2, 0.25) is 0 Å². The molecule has 0 atom stereocenters. The van der Waals surface area contributed by atoms with Gasteiger partial charge in [0.15, 0.2) is 6.29 Å². The van der Waals surface area contributed by atoms with Gasteiger partial charge < -0.3 is 15.2 Å². The molecule has 160 valence electrons. The van der Waals surface area contributed by atoms with Crippen molar-refractivity contribution >= 4 is 24.3 Å². The van der Waals surface area contributed by atoms with Crippen LogP contribution in [0.3, 0.4) is 0 Å². The number of aromatic nitrogens is 2. The van der Waals surface area contributed by atoms with E-state index in [4.69, 9.17) is 0 Å². The van der Waals surface area contributed by atoms with Crippen LogP contribution in [0, 0.1) is 0 Å². The minimum absolute atomic E-state index is 0.152. The van der Waals surface area contributed by atoms with Gasteiger partial charge in [0.1, 0.15) is 5.70 Å². The van der Waals surface area contributed by atoms with Gasteiger partial charge in [-0.25, -0.2) is 4.98 Å². The highest BCUT2D eigenvalue weighted by Crippen LogP contribution is 2.24. The first kappa shape index (κ1) is 23.1. The Labute approximate surface area is 179 Å². The number of aromatic amines is 1. The summed E-state index contributed by atoms with van der Waals surface area (Å²) in [6, 6.07) is 9.62. The van der Waals surface area contributed by atoms with Crippen molar-refractivity contribution in [2.24, 2.45) is 0 Å². The van der Waals surface area contributed by atoms with Gasteiger partial charge in [0, 0.05) is 23.7 Å². The lowest BCUT2D eigenvalue weighted by molar-refractivity contribution is -0.119. The van der Waals surface area contributed by atoms with E-state index < -0.39 is 0 Å². The Hall–Kier alpha value is -3.15. The highest BCUT2D eigenvalue weighted by atomic mass is 16.2. The van der Waals surface area contributed by atoms with Crippen molar-refractivity contribution in [1.29, 1.82) is 0 Å². The first-order valence-corrected chi connectivity index (χ1v) is 9.96. The normalized spacial score (nSPS) is 13.2. The lowest BCUT2D eigenvalue weighted by atomic mass is 9.90. The summed E-state index contributed by atoms with van der Waals surface area (Å²) in [5.41, 5.74) is 2.57. The van der Waals surface area contributed by atoms with Crippen LogP contribution < -0.4 is 5.32 Å². The van der Waals surface area contributed by atoms with Crippen molar-refractivity contribution in [3.05, 3.63) is 65.0 Å². The van der Waals surface area contributed by atoms with Gasteiger partial charge in [-0.3, -0.25) is 9.59 Å². The molecule has 1 heterocycles. The predicted molar refractivity (Wildman–Crippen MR) is 121 cm³/mol. The Balaban J connectivity index is 2.39. The molecule has 0 spiro atoms. The van der Waals surface area contributed by atoms with Gasteiger partial charge in [0.05, 0.1) is 17.7 Å². The van der Waals surface area contributed by atoms with E-state index >= 15 is 0 Å². The first-order chi connectivity index (χ1) is 13.9. The summed E-state index contributed by atoms with van der Waals surface area (Å²) >= 11 is 0. The number of likely N-dealkylation sites (N-methyl/N-ethyl adjacent to an activating group) is 1. The molecule has 0 aliphatic rings. The SMILES string of the molecule is CN(/C(=C\c1ccccc1)C(=O)N/C(C=O)=C\c1nc[nH]c1C(C)(C)C)C(C)(C)C. The summed E-state index contributed by atoms with van der Waals surface area (Å²) in [4.78, 5) is 34.2. The fourth-order valence-electron chi connectivity index (χ4n) is 2.84. The molecule has 6 nitrogen and oxygen atoms in total. The quantitative estimate of drug-likeness (QED) is 0.556. The molecular formula is C24H32N4O2. The maximum atomic E-state index is 13.2. The fraction of sp³-hybridized carbons (Fsp3) is 0.375. The van der Waals surface area contributed by atoms with E-state index in [-0.39, 0.29) is 22.6 Å². The van der Waals surface area contributed by atoms with Crippen molar-refractivity contribution in [2.45, 2.75) is 52.5 Å². The Kier molecular flexibility index (Phi) is 7.03. The lowest BCUT2D eigenvalue weighted by Gasteiger charge is -2.35. The number of allylic oxidation sites excluding steroid dienone is 1. The molecule has 0 aliphatic carbocycles. The molecule has 2 aromatic rings. The third-order valence-electron chi connectivity index (χ3n) is 4.80. The Morgan fingerprint density at radius 1 is 1.07 bits per heavy atom. The number of amides is 1. The standard InChI is InChI=1S/C24H32N4O2/c1-23(2,3)21-19(25-16-26-21)14-18(15-29)27-22(30)20(28(7)24(4,5)6)13-17-11-9-8-10-12-17/h8-16H,1-7H3,(H,25,26)(H,27,30)/b18-14-,20-13-. The zero-order chi connectivity index (χ0) is 22.5. The molecule has 2 rings (SSSR count). The minimum Gasteiger partial charge on any atom is -0.365 e. The van der Waals surface area contributed by atoms with E-state index in [1.807, 2.05) is 69.1 Å². The maximum Gasteiger partial charge on any atom is 0.272 e. The summed E-state index contributed by atoms with van der Waals surface area (Å²) in [6.45, 7) is 12.2. The van der Waals surface area contributed by atoms with Crippen LogP contribution in [0.15, 0.2) is 48.1 Å². The second-order valence-corrected chi connectivity index (χ2v) is 9.25. The fourth-order valence-corrected chi connectivity index (χ4v) is 2.84. The highest BCUT2D eigenvalue weighted by molar-refractivity contribution is 6.01. The third kappa shape index (κ3) is 5.92. The molecule has 6 heteroatoms. The molecule has 1 amide bonds. The summed E-state index contributed by atoms with van der Waals surface area (Å²) in [6.07, 6.45) is 5.64. The summed E-state index contributed by atoms with van der Waals surface area (Å²) < 4.78 is 0. The van der Waals surface area contributed by atoms with Gasteiger partial charge in [0.25, 0.3) is 5.91 Å². The van der Waals surface area contributed by atoms with Gasteiger partial charge in [-0.2, -0.15) is 0 Å². The maximum absolute atomic E-state index is 13.2. The number of imidazole rings is 1. The number of hydrogen-bond donors (Lipinski definition) is 2. The monoisotopic (exact) mass is 408 g/mol. The number of nitrogens with zero attached hydrogens (tertiary/aromatic N) is 2. The number of aldehydes is 1. The van der Waals surface area contributed by atoms with E-state index in [0.717, 1.165) is 11.3 Å². The molecule has 0 fully saturated rings. The van der Waals surface area contributed by atoms with Crippen molar-refractivity contribution < 1.29 is 9.59 Å². The van der Waals surface area contributed by atoms with Crippen LogP contribution in [-0.2, 0) is 15.0 Å². The van der Waals surface area contributed by atoms with Crippen molar-refractivity contribution in [3.63, 3.8) is 0 Å². The van der Waals surface area contributed by atoms with Gasteiger partial charge in [-0.05, 0) is 38.5 Å². The molecule has 0 radical (unpaired) electrons. The number of benzene rings is 1. The Bertz CT molecular complexity index is 942. The molecule has 0 saturated heterocycles. The number of H-pyrrole nitrogens is 1. The van der Waals surface area contributed by atoms with E-state index in [0.29, 0.717) is 17.7 Å². The predicted octanol–water partition coefficient (Wildman–Crippen LogP) is 4.13. The minimum atomic E-state index is -0.359. The Morgan fingerprint density at radius 3 is 2.23 bits per heavy atom. The molecule has 30 heavy (non-hydrogen) atoms. The van der Waals surface area contributed by atoms with Crippen LogP contribution in [0.4, 0.5) is 0 Å². The van der Waals surface area contributed by atoms with Crippen molar-refractivity contribution in [2.75, 3.05) is 7.05 Å². The van der Waals surface area contributed by atoms with E-state index in [1.165, 1.54) is 0 Å². The average Bonchev–Trinajstić information content (AvgIpc) is 3.13. The number of carbonyl (C=O) groups excluding carboxylic acids is 2. The van der Waals surface area contributed by atoms with Crippen LogP contribution in [-0.4, -0.2) is 39.6 Å². The molecule has 0 bridgehead atoms. The molecule has 2 N–H and O–H groups in total. The molecule has 1 aromatic heterocycles. The Morgan fingerprint density at radius 2 is 1.70 bits per heavy atom. The molecule has 0 saturated carbocycles. The van der Waals surface area contributed by atoms with Crippen molar-refractivity contribution in [3.8, 4) is 0 Å². The van der Waals surface area contributed by atoms with Crippen LogP contribution in [0.5, 0.6) is 0 Å².